The second-order valence-corrected chi connectivity index (χ2v) is 12.4. The summed E-state index contributed by atoms with van der Waals surface area (Å²) in [6.45, 7) is 9.53. The molecule has 10 atom stereocenters. The first kappa shape index (κ1) is 26.2. The van der Waals surface area contributed by atoms with Crippen LogP contribution in [0.3, 0.4) is 0 Å². The van der Waals surface area contributed by atoms with Crippen molar-refractivity contribution in [2.24, 2.45) is 46.3 Å². The fourth-order valence-electron chi connectivity index (χ4n) is 9.07. The van der Waals surface area contributed by atoms with Crippen LogP contribution in [0.25, 0.3) is 0 Å². The number of fused-ring (bicyclic) bond motifs is 5. The lowest BCUT2D eigenvalue weighted by atomic mass is 9.43. The molecule has 4 aliphatic rings. The normalized spacial score (nSPS) is 43.3. The number of ketones is 1. The van der Waals surface area contributed by atoms with Gasteiger partial charge in [-0.25, -0.2) is 0 Å². The van der Waals surface area contributed by atoms with E-state index in [4.69, 9.17) is 9.47 Å². The molecule has 0 aromatic rings. The summed E-state index contributed by atoms with van der Waals surface area (Å²) >= 11 is 0. The molecule has 0 heterocycles. The van der Waals surface area contributed by atoms with Gasteiger partial charge in [-0.05, 0) is 80.0 Å². The third kappa shape index (κ3) is 4.53. The summed E-state index contributed by atoms with van der Waals surface area (Å²) in [5.74, 6) is -0.233. The third-order valence-electron chi connectivity index (χ3n) is 10.7. The molecule has 35 heavy (non-hydrogen) atoms. The van der Waals surface area contributed by atoms with Crippen LogP contribution in [0.15, 0.2) is 0 Å². The minimum Gasteiger partial charge on any atom is -0.481 e. The zero-order chi connectivity index (χ0) is 25.7. The number of aliphatic carboxylic acids is 1. The SMILES string of the molecule is CC(=O)OC1CCC2(C)C(CC(=O)C3C2CC(OC(C)=O)C2(C)C(C(C)CCC(=O)O)CCC32)C1. The van der Waals surface area contributed by atoms with Gasteiger partial charge < -0.3 is 14.6 Å². The largest absolute Gasteiger partial charge is 0.481 e. The number of esters is 2. The lowest BCUT2D eigenvalue weighted by molar-refractivity contribution is -0.197. The fourth-order valence-corrected chi connectivity index (χ4v) is 9.07. The molecule has 0 bridgehead atoms. The molecule has 4 saturated carbocycles. The number of carboxylic acids is 1. The van der Waals surface area contributed by atoms with Gasteiger partial charge in [0.05, 0.1) is 0 Å². The van der Waals surface area contributed by atoms with Gasteiger partial charge in [0.2, 0.25) is 0 Å². The van der Waals surface area contributed by atoms with E-state index in [1.807, 2.05) is 0 Å². The van der Waals surface area contributed by atoms with Crippen molar-refractivity contribution in [1.29, 1.82) is 0 Å². The Bertz CT molecular complexity index is 883. The molecule has 196 valence electrons. The van der Waals surface area contributed by atoms with Gasteiger partial charge in [0.25, 0.3) is 0 Å². The van der Waals surface area contributed by atoms with Gasteiger partial charge in [0, 0.05) is 38.0 Å². The minimum atomic E-state index is -0.789. The van der Waals surface area contributed by atoms with E-state index in [1.54, 1.807) is 0 Å². The highest BCUT2D eigenvalue weighted by atomic mass is 16.5. The molecule has 0 aromatic carbocycles. The van der Waals surface area contributed by atoms with Gasteiger partial charge in [-0.3, -0.25) is 19.2 Å². The van der Waals surface area contributed by atoms with E-state index in [1.165, 1.54) is 13.8 Å². The number of carboxylic acid groups (broad SMARTS) is 1. The van der Waals surface area contributed by atoms with Crippen LogP contribution in [0.2, 0.25) is 0 Å². The van der Waals surface area contributed by atoms with Crippen LogP contribution in [0.4, 0.5) is 0 Å². The monoisotopic (exact) mass is 490 g/mol. The van der Waals surface area contributed by atoms with Crippen LogP contribution in [-0.2, 0) is 28.7 Å². The number of hydrogen-bond acceptors (Lipinski definition) is 6. The fraction of sp³-hybridized carbons (Fsp3) is 0.857. The Balaban J connectivity index is 1.65. The van der Waals surface area contributed by atoms with E-state index in [-0.39, 0.29) is 76.9 Å². The van der Waals surface area contributed by atoms with Crippen LogP contribution in [0, 0.1) is 46.3 Å². The average Bonchev–Trinajstić information content (AvgIpc) is 3.11. The molecule has 0 saturated heterocycles. The molecular formula is C28H42O7. The zero-order valence-corrected chi connectivity index (χ0v) is 21.9. The number of hydrogen-bond donors (Lipinski definition) is 1. The molecule has 0 amide bonds. The first-order valence-electron chi connectivity index (χ1n) is 13.5. The first-order chi connectivity index (χ1) is 16.4. The molecule has 7 heteroatoms. The van der Waals surface area contributed by atoms with Crippen LogP contribution < -0.4 is 0 Å². The first-order valence-corrected chi connectivity index (χ1v) is 13.5. The molecule has 0 spiro atoms. The quantitative estimate of drug-likeness (QED) is 0.533. The Hall–Kier alpha value is -1.92. The molecule has 0 aromatic heterocycles. The van der Waals surface area contributed by atoms with Gasteiger partial charge in [-0.1, -0.05) is 20.8 Å². The summed E-state index contributed by atoms with van der Waals surface area (Å²) in [5, 5.41) is 9.23. The molecule has 0 aliphatic heterocycles. The van der Waals surface area contributed by atoms with E-state index < -0.39 is 5.97 Å². The Labute approximate surface area is 208 Å². The highest BCUT2D eigenvalue weighted by Gasteiger charge is 2.67. The summed E-state index contributed by atoms with van der Waals surface area (Å²) < 4.78 is 11.6. The molecule has 1 N–H and O–H groups in total. The molecule has 4 fully saturated rings. The van der Waals surface area contributed by atoms with Crippen LogP contribution in [0.5, 0.6) is 0 Å². The number of rotatable bonds is 6. The molecule has 4 rings (SSSR count). The molecule has 0 radical (unpaired) electrons. The van der Waals surface area contributed by atoms with Crippen LogP contribution in [-0.4, -0.2) is 41.0 Å². The van der Waals surface area contributed by atoms with E-state index in [0.29, 0.717) is 25.0 Å². The maximum atomic E-state index is 13.8. The van der Waals surface area contributed by atoms with Crippen molar-refractivity contribution in [3.8, 4) is 0 Å². The topological polar surface area (TPSA) is 107 Å². The molecule has 10 unspecified atom stereocenters. The van der Waals surface area contributed by atoms with Gasteiger partial charge in [-0.2, -0.15) is 0 Å². The Morgan fingerprint density at radius 1 is 1.03 bits per heavy atom. The van der Waals surface area contributed by atoms with E-state index in [2.05, 4.69) is 20.8 Å². The summed E-state index contributed by atoms with van der Waals surface area (Å²) in [6, 6.07) is 0. The number of Topliss-reactive ketones (excluding diaryl/α,β-unsaturated/α-hetero) is 1. The average molecular weight is 491 g/mol. The third-order valence-corrected chi connectivity index (χ3v) is 10.7. The van der Waals surface area contributed by atoms with Crippen molar-refractivity contribution in [3.63, 3.8) is 0 Å². The maximum absolute atomic E-state index is 13.8. The Kier molecular flexibility index (Phi) is 7.11. The minimum absolute atomic E-state index is 0.0463. The zero-order valence-electron chi connectivity index (χ0n) is 21.9. The lowest BCUT2D eigenvalue weighted by Gasteiger charge is -2.62. The van der Waals surface area contributed by atoms with Crippen molar-refractivity contribution in [3.05, 3.63) is 0 Å². The Morgan fingerprint density at radius 2 is 1.71 bits per heavy atom. The van der Waals surface area contributed by atoms with E-state index in [9.17, 15) is 24.3 Å². The number of carbonyl (C=O) groups is 4. The molecular weight excluding hydrogens is 448 g/mol. The predicted octanol–water partition coefficient (Wildman–Crippen LogP) is 4.80. The summed E-state index contributed by atoms with van der Waals surface area (Å²) in [5.41, 5.74) is -0.388. The van der Waals surface area contributed by atoms with Crippen molar-refractivity contribution in [2.75, 3.05) is 0 Å². The summed E-state index contributed by atoms with van der Waals surface area (Å²) in [4.78, 5) is 48.8. The smallest absolute Gasteiger partial charge is 0.303 e. The number of ether oxygens (including phenoxy) is 2. The van der Waals surface area contributed by atoms with Gasteiger partial charge in [-0.15, -0.1) is 0 Å². The van der Waals surface area contributed by atoms with Gasteiger partial charge in [0.15, 0.2) is 0 Å². The van der Waals surface area contributed by atoms with Crippen molar-refractivity contribution < 1.29 is 33.8 Å². The highest BCUT2D eigenvalue weighted by Crippen LogP contribution is 2.68. The van der Waals surface area contributed by atoms with Crippen molar-refractivity contribution in [1.82, 2.24) is 0 Å². The second-order valence-electron chi connectivity index (χ2n) is 12.4. The standard InChI is InChI=1S/C28H42O7/c1-15(6-9-25(32)33)20-7-8-21-26-22(14-24(28(20,21)5)35-17(3)30)27(4)11-10-19(34-16(2)29)12-18(27)13-23(26)31/h15,18-22,24,26H,6-14H2,1-5H3,(H,32,33). The van der Waals surface area contributed by atoms with Crippen LogP contribution in [0.1, 0.15) is 92.4 Å². The lowest BCUT2D eigenvalue weighted by Crippen LogP contribution is -2.62. The Morgan fingerprint density at radius 3 is 2.34 bits per heavy atom. The molecule has 7 nitrogen and oxygen atoms in total. The maximum Gasteiger partial charge on any atom is 0.303 e. The van der Waals surface area contributed by atoms with Gasteiger partial charge >= 0.3 is 17.9 Å². The highest BCUT2D eigenvalue weighted by molar-refractivity contribution is 5.83. The summed E-state index contributed by atoms with van der Waals surface area (Å²) in [7, 11) is 0. The molecule has 4 aliphatic carbocycles. The van der Waals surface area contributed by atoms with Gasteiger partial charge in [0.1, 0.15) is 18.0 Å². The number of carbonyl (C=O) groups excluding carboxylic acids is 3. The predicted molar refractivity (Wildman–Crippen MR) is 128 cm³/mol. The van der Waals surface area contributed by atoms with E-state index in [0.717, 1.165) is 32.1 Å². The van der Waals surface area contributed by atoms with E-state index >= 15 is 0 Å². The van der Waals surface area contributed by atoms with Crippen LogP contribution >= 0.6 is 0 Å². The van der Waals surface area contributed by atoms with Crippen molar-refractivity contribution in [2.45, 2.75) is 105 Å². The summed E-state index contributed by atoms with van der Waals surface area (Å²) in [6.07, 6.45) is 5.80. The van der Waals surface area contributed by atoms with Crippen molar-refractivity contribution >= 4 is 23.7 Å². The second kappa shape index (κ2) is 9.51.